The van der Waals surface area contributed by atoms with Gasteiger partial charge in [-0.15, -0.1) is 22.9 Å². The van der Waals surface area contributed by atoms with E-state index in [0.29, 0.717) is 0 Å². The molecule has 2 atom stereocenters. The van der Waals surface area contributed by atoms with Crippen LogP contribution in [-0.2, 0) is 0 Å². The second kappa shape index (κ2) is 5.19. The van der Waals surface area contributed by atoms with E-state index in [1.807, 2.05) is 19.2 Å². The molecule has 3 aromatic rings. The van der Waals surface area contributed by atoms with Gasteiger partial charge in [0.15, 0.2) is 5.65 Å². The Kier molecular flexibility index (Phi) is 3.52. The molecule has 0 spiro atoms. The average molecular weight is 306 g/mol. The molecule has 3 aromatic heterocycles. The monoisotopic (exact) mass is 305 g/mol. The van der Waals surface area contributed by atoms with E-state index in [9.17, 15) is 0 Å². The zero-order chi connectivity index (χ0) is 14.3. The van der Waals surface area contributed by atoms with Crippen molar-refractivity contribution in [2.45, 2.75) is 32.2 Å². The van der Waals surface area contributed by atoms with Crippen LogP contribution in [0.2, 0.25) is 0 Å². The lowest BCUT2D eigenvalue weighted by molar-refractivity contribution is 0.623. The molecule has 0 aromatic carbocycles. The Morgan fingerprint density at radius 1 is 1.30 bits per heavy atom. The van der Waals surface area contributed by atoms with Gasteiger partial charge in [0.25, 0.3) is 0 Å². The molecule has 3 heterocycles. The highest BCUT2D eigenvalue weighted by Crippen LogP contribution is 2.32. The van der Waals surface area contributed by atoms with E-state index >= 15 is 0 Å². The molecule has 20 heavy (non-hydrogen) atoms. The maximum atomic E-state index is 6.33. The number of rotatable bonds is 3. The van der Waals surface area contributed by atoms with Gasteiger partial charge in [0.05, 0.1) is 11.4 Å². The molecule has 0 fully saturated rings. The highest BCUT2D eigenvalue weighted by atomic mass is 35.5. The fraction of sp³-hybridized carbons (Fsp3) is 0.333. The summed E-state index contributed by atoms with van der Waals surface area (Å²) in [5.41, 5.74) is 2.98. The number of aromatic nitrogens is 3. The molecule has 0 aliphatic carbocycles. The van der Waals surface area contributed by atoms with Gasteiger partial charge >= 0.3 is 0 Å². The maximum absolute atomic E-state index is 6.33. The Morgan fingerprint density at radius 2 is 2.10 bits per heavy atom. The van der Waals surface area contributed by atoms with Gasteiger partial charge in [-0.2, -0.15) is 0 Å². The lowest BCUT2D eigenvalue weighted by atomic mass is 10.2. The molecule has 0 bridgehead atoms. The van der Waals surface area contributed by atoms with Gasteiger partial charge in [0.1, 0.15) is 11.3 Å². The molecular weight excluding hydrogens is 290 g/mol. The molecule has 0 radical (unpaired) electrons. The second-order valence-corrected chi connectivity index (χ2v) is 6.58. The highest BCUT2D eigenvalue weighted by molar-refractivity contribution is 7.10. The van der Waals surface area contributed by atoms with Crippen LogP contribution in [0.4, 0.5) is 0 Å². The van der Waals surface area contributed by atoms with Crippen LogP contribution in [0.25, 0.3) is 11.2 Å². The first-order chi connectivity index (χ1) is 9.59. The van der Waals surface area contributed by atoms with Crippen LogP contribution < -0.4 is 0 Å². The predicted molar refractivity (Wildman–Crippen MR) is 84.7 cm³/mol. The molecule has 104 valence electrons. The van der Waals surface area contributed by atoms with E-state index in [1.165, 1.54) is 4.88 Å². The van der Waals surface area contributed by atoms with Crippen LogP contribution in [0, 0.1) is 6.92 Å². The first-order valence-electron chi connectivity index (χ1n) is 6.60. The van der Waals surface area contributed by atoms with Crippen molar-refractivity contribution in [3.05, 3.63) is 46.0 Å². The SMILES string of the molecule is Cc1ccnc2c1nc(C(C)Cl)n2C(C)c1cccs1. The number of hydrogen-bond acceptors (Lipinski definition) is 3. The average Bonchev–Trinajstić information content (AvgIpc) is 3.06. The van der Waals surface area contributed by atoms with Crippen molar-refractivity contribution < 1.29 is 0 Å². The van der Waals surface area contributed by atoms with E-state index in [1.54, 1.807) is 11.3 Å². The van der Waals surface area contributed by atoms with Gasteiger partial charge in [-0.05, 0) is 43.8 Å². The lowest BCUT2D eigenvalue weighted by Gasteiger charge is -2.16. The fourth-order valence-electron chi connectivity index (χ4n) is 2.45. The van der Waals surface area contributed by atoms with Crippen molar-refractivity contribution in [3.8, 4) is 0 Å². The zero-order valence-electron chi connectivity index (χ0n) is 11.7. The smallest absolute Gasteiger partial charge is 0.160 e. The Balaban J connectivity index is 2.27. The van der Waals surface area contributed by atoms with Crippen LogP contribution in [0.15, 0.2) is 29.8 Å². The molecule has 0 amide bonds. The largest absolute Gasteiger partial charge is 0.303 e. The molecule has 0 saturated heterocycles. The van der Waals surface area contributed by atoms with Crippen molar-refractivity contribution >= 4 is 34.1 Å². The third-order valence-corrected chi connectivity index (χ3v) is 4.74. The number of thiophene rings is 1. The third kappa shape index (κ3) is 2.13. The number of hydrogen-bond donors (Lipinski definition) is 0. The van der Waals surface area contributed by atoms with Crippen molar-refractivity contribution in [2.75, 3.05) is 0 Å². The van der Waals surface area contributed by atoms with Crippen molar-refractivity contribution in [3.63, 3.8) is 0 Å². The van der Waals surface area contributed by atoms with Gasteiger partial charge in [0, 0.05) is 11.1 Å². The lowest BCUT2D eigenvalue weighted by Crippen LogP contribution is -2.10. The normalized spacial score (nSPS) is 14.6. The summed E-state index contributed by atoms with van der Waals surface area (Å²) in [5, 5.41) is 1.94. The molecule has 3 rings (SSSR count). The molecule has 0 N–H and O–H groups in total. The minimum absolute atomic E-state index is 0.147. The number of pyridine rings is 1. The summed E-state index contributed by atoms with van der Waals surface area (Å²) in [6, 6.07) is 6.38. The summed E-state index contributed by atoms with van der Waals surface area (Å²) < 4.78 is 2.16. The highest BCUT2D eigenvalue weighted by Gasteiger charge is 2.22. The first-order valence-corrected chi connectivity index (χ1v) is 7.92. The molecular formula is C15H16ClN3S. The Hall–Kier alpha value is -1.39. The molecule has 0 aliphatic rings. The summed E-state index contributed by atoms with van der Waals surface area (Å²) in [5.74, 6) is 0.879. The van der Waals surface area contributed by atoms with Crippen LogP contribution in [-0.4, -0.2) is 14.5 Å². The molecule has 2 unspecified atom stereocenters. The molecule has 0 saturated carbocycles. The van der Waals surface area contributed by atoms with Crippen LogP contribution in [0.3, 0.4) is 0 Å². The minimum Gasteiger partial charge on any atom is -0.303 e. The number of imidazole rings is 1. The van der Waals surface area contributed by atoms with Crippen LogP contribution in [0.5, 0.6) is 0 Å². The van der Waals surface area contributed by atoms with Crippen molar-refractivity contribution in [1.29, 1.82) is 0 Å². The van der Waals surface area contributed by atoms with Gasteiger partial charge in [-0.1, -0.05) is 6.07 Å². The molecule has 5 heteroatoms. The van der Waals surface area contributed by atoms with Gasteiger partial charge in [0.2, 0.25) is 0 Å². The quantitative estimate of drug-likeness (QED) is 0.656. The first kappa shape index (κ1) is 13.6. The standard InChI is InChI=1S/C15H16ClN3S/c1-9-6-7-17-15-13(9)18-14(10(2)16)19(15)11(3)12-5-4-8-20-12/h4-8,10-11H,1-3H3. The molecule has 0 aliphatic heterocycles. The Bertz CT molecular complexity index is 731. The van der Waals surface area contributed by atoms with E-state index in [2.05, 4.69) is 40.9 Å². The Labute approximate surface area is 127 Å². The third-order valence-electron chi connectivity index (χ3n) is 3.51. The second-order valence-electron chi connectivity index (χ2n) is 4.95. The van der Waals surface area contributed by atoms with Gasteiger partial charge in [-0.25, -0.2) is 9.97 Å². The van der Waals surface area contributed by atoms with Gasteiger partial charge < -0.3 is 4.57 Å². The minimum atomic E-state index is -0.147. The number of fused-ring (bicyclic) bond motifs is 1. The number of aryl methyl sites for hydroxylation is 1. The number of nitrogens with zero attached hydrogens (tertiary/aromatic N) is 3. The topological polar surface area (TPSA) is 30.7 Å². The number of alkyl halides is 1. The maximum Gasteiger partial charge on any atom is 0.160 e. The zero-order valence-corrected chi connectivity index (χ0v) is 13.2. The van der Waals surface area contributed by atoms with Crippen LogP contribution in [0.1, 0.15) is 41.5 Å². The summed E-state index contributed by atoms with van der Waals surface area (Å²) in [4.78, 5) is 10.5. The summed E-state index contributed by atoms with van der Waals surface area (Å²) in [6.07, 6.45) is 1.83. The van der Waals surface area contributed by atoms with Gasteiger partial charge in [-0.3, -0.25) is 0 Å². The summed E-state index contributed by atoms with van der Waals surface area (Å²) in [7, 11) is 0. The Morgan fingerprint density at radius 3 is 2.75 bits per heavy atom. The summed E-state index contributed by atoms with van der Waals surface area (Å²) in [6.45, 7) is 6.18. The van der Waals surface area contributed by atoms with E-state index in [0.717, 1.165) is 22.6 Å². The van der Waals surface area contributed by atoms with Crippen LogP contribution >= 0.6 is 22.9 Å². The number of halogens is 1. The van der Waals surface area contributed by atoms with E-state index in [-0.39, 0.29) is 11.4 Å². The summed E-state index contributed by atoms with van der Waals surface area (Å²) >= 11 is 8.07. The van der Waals surface area contributed by atoms with Crippen molar-refractivity contribution in [1.82, 2.24) is 14.5 Å². The van der Waals surface area contributed by atoms with E-state index < -0.39 is 0 Å². The van der Waals surface area contributed by atoms with Crippen molar-refractivity contribution in [2.24, 2.45) is 0 Å². The van der Waals surface area contributed by atoms with E-state index in [4.69, 9.17) is 16.6 Å². The predicted octanol–water partition coefficient (Wildman–Crippen LogP) is 4.71. The fourth-order valence-corrected chi connectivity index (χ4v) is 3.37. The molecule has 3 nitrogen and oxygen atoms in total.